The predicted molar refractivity (Wildman–Crippen MR) is 83.8 cm³/mol. The van der Waals surface area contributed by atoms with Gasteiger partial charge in [-0.2, -0.15) is 0 Å². The second kappa shape index (κ2) is 6.79. The number of carbonyl (C=O) groups excluding carboxylic acids is 1. The molecule has 0 aliphatic heterocycles. The van der Waals surface area contributed by atoms with Crippen molar-refractivity contribution in [2.24, 2.45) is 0 Å². The molecule has 3 rings (SSSR count). The fourth-order valence-electron chi connectivity index (χ4n) is 1.98. The van der Waals surface area contributed by atoms with Crippen LogP contribution >= 0.6 is 0 Å². The molecule has 2 aromatic carbocycles. The second-order valence-electron chi connectivity index (χ2n) is 4.83. The maximum Gasteiger partial charge on any atom is 0.291 e. The molecule has 0 fully saturated rings. The highest BCUT2D eigenvalue weighted by Gasteiger charge is 2.11. The molecule has 116 valence electrons. The molecule has 0 bridgehead atoms. The van der Waals surface area contributed by atoms with E-state index in [4.69, 9.17) is 9.15 Å². The second-order valence-corrected chi connectivity index (χ2v) is 4.83. The summed E-state index contributed by atoms with van der Waals surface area (Å²) in [5.41, 5.74) is 0.693. The average molecular weight is 311 g/mol. The van der Waals surface area contributed by atoms with Crippen molar-refractivity contribution in [2.75, 3.05) is 5.32 Å². The van der Waals surface area contributed by atoms with Gasteiger partial charge in [0.15, 0.2) is 5.76 Å². The lowest BCUT2D eigenvalue weighted by molar-refractivity contribution is 0.0992. The van der Waals surface area contributed by atoms with Gasteiger partial charge in [-0.05, 0) is 48.5 Å². The summed E-state index contributed by atoms with van der Waals surface area (Å²) >= 11 is 0. The maximum atomic E-state index is 12.8. The van der Waals surface area contributed by atoms with Crippen LogP contribution in [0.4, 0.5) is 10.1 Å². The number of hydrogen-bond acceptors (Lipinski definition) is 3. The Bertz CT molecular complexity index is 782. The molecule has 3 aromatic rings. The maximum absolute atomic E-state index is 12.8. The molecule has 0 radical (unpaired) electrons. The van der Waals surface area contributed by atoms with E-state index in [1.807, 2.05) is 18.2 Å². The van der Waals surface area contributed by atoms with Crippen LogP contribution in [0.25, 0.3) is 0 Å². The number of carbonyl (C=O) groups is 1. The normalized spacial score (nSPS) is 10.3. The Balaban J connectivity index is 1.59. The topological polar surface area (TPSA) is 51.5 Å². The van der Waals surface area contributed by atoms with Gasteiger partial charge in [-0.25, -0.2) is 4.39 Å². The highest BCUT2D eigenvalue weighted by atomic mass is 19.1. The summed E-state index contributed by atoms with van der Waals surface area (Å²) in [5, 5.41) is 2.74. The van der Waals surface area contributed by atoms with Gasteiger partial charge in [-0.15, -0.1) is 0 Å². The van der Waals surface area contributed by atoms with Gasteiger partial charge in [0.2, 0.25) is 0 Å². The van der Waals surface area contributed by atoms with E-state index in [1.54, 1.807) is 24.3 Å². The lowest BCUT2D eigenvalue weighted by Crippen LogP contribution is -2.10. The van der Waals surface area contributed by atoms with Crippen LogP contribution in [0.1, 0.15) is 16.3 Å². The van der Waals surface area contributed by atoms with Crippen molar-refractivity contribution >= 4 is 11.6 Å². The Morgan fingerprint density at radius 1 is 1.00 bits per heavy atom. The van der Waals surface area contributed by atoms with Gasteiger partial charge in [0.1, 0.15) is 23.9 Å². The fraction of sp³-hybridized carbons (Fsp3) is 0.0556. The third-order valence-electron chi connectivity index (χ3n) is 3.11. The molecular weight excluding hydrogens is 297 g/mol. The summed E-state index contributed by atoms with van der Waals surface area (Å²) in [6, 6.07) is 18.1. The number of benzene rings is 2. The molecule has 0 aliphatic rings. The van der Waals surface area contributed by atoms with Crippen LogP contribution in [0.5, 0.6) is 5.75 Å². The summed E-state index contributed by atoms with van der Waals surface area (Å²) in [6.45, 7) is 0.157. The Morgan fingerprint density at radius 2 is 1.74 bits per heavy atom. The van der Waals surface area contributed by atoms with Crippen LogP contribution in [-0.4, -0.2) is 5.91 Å². The molecule has 1 amide bonds. The molecule has 0 saturated heterocycles. The number of rotatable bonds is 5. The smallest absolute Gasteiger partial charge is 0.291 e. The van der Waals surface area contributed by atoms with E-state index in [9.17, 15) is 9.18 Å². The molecule has 5 heteroatoms. The van der Waals surface area contributed by atoms with Crippen molar-refractivity contribution < 1.29 is 18.3 Å². The Hall–Kier alpha value is -3.08. The van der Waals surface area contributed by atoms with Crippen molar-refractivity contribution in [3.63, 3.8) is 0 Å². The highest BCUT2D eigenvalue weighted by Crippen LogP contribution is 2.16. The molecule has 0 saturated carbocycles. The van der Waals surface area contributed by atoms with Crippen molar-refractivity contribution in [2.45, 2.75) is 6.61 Å². The first-order valence-electron chi connectivity index (χ1n) is 7.04. The van der Waals surface area contributed by atoms with Crippen LogP contribution in [0.3, 0.4) is 0 Å². The first-order valence-corrected chi connectivity index (χ1v) is 7.04. The highest BCUT2D eigenvalue weighted by molar-refractivity contribution is 6.02. The zero-order valence-electron chi connectivity index (χ0n) is 12.2. The summed E-state index contributed by atoms with van der Waals surface area (Å²) in [5.74, 6) is 0.580. The van der Waals surface area contributed by atoms with Gasteiger partial charge in [0, 0.05) is 5.69 Å². The first kappa shape index (κ1) is 14.8. The SMILES string of the molecule is O=C(Nc1ccccc1)c1ccc(COc2ccc(F)cc2)o1. The van der Waals surface area contributed by atoms with Gasteiger partial charge in [0.25, 0.3) is 5.91 Å². The Labute approximate surface area is 132 Å². The zero-order valence-corrected chi connectivity index (χ0v) is 12.2. The molecule has 0 aliphatic carbocycles. The van der Waals surface area contributed by atoms with Gasteiger partial charge >= 0.3 is 0 Å². The number of halogens is 1. The largest absolute Gasteiger partial charge is 0.486 e. The monoisotopic (exact) mass is 311 g/mol. The van der Waals surface area contributed by atoms with Gasteiger partial charge in [-0.3, -0.25) is 4.79 Å². The van der Waals surface area contributed by atoms with E-state index in [1.165, 1.54) is 24.3 Å². The van der Waals surface area contributed by atoms with Gasteiger partial charge < -0.3 is 14.5 Å². The van der Waals surface area contributed by atoms with Crippen LogP contribution < -0.4 is 10.1 Å². The zero-order chi connectivity index (χ0) is 16.1. The summed E-state index contributed by atoms with van der Waals surface area (Å²) in [6.07, 6.45) is 0. The van der Waals surface area contributed by atoms with E-state index in [0.717, 1.165) is 0 Å². The van der Waals surface area contributed by atoms with Crippen molar-refractivity contribution in [1.29, 1.82) is 0 Å². The average Bonchev–Trinajstić information content (AvgIpc) is 3.04. The molecule has 0 unspecified atom stereocenters. The Morgan fingerprint density at radius 3 is 2.48 bits per heavy atom. The number of hydrogen-bond donors (Lipinski definition) is 1. The van der Waals surface area contributed by atoms with Crippen LogP contribution in [0.2, 0.25) is 0 Å². The van der Waals surface area contributed by atoms with Crippen molar-refractivity contribution in [1.82, 2.24) is 0 Å². The molecule has 4 nitrogen and oxygen atoms in total. The molecule has 1 heterocycles. The van der Waals surface area contributed by atoms with Crippen LogP contribution in [0, 0.1) is 5.82 Å². The number of furan rings is 1. The molecule has 0 atom stereocenters. The van der Waals surface area contributed by atoms with Crippen molar-refractivity contribution in [3.8, 4) is 5.75 Å². The van der Waals surface area contributed by atoms with E-state index in [2.05, 4.69) is 5.32 Å². The number of anilines is 1. The minimum atomic E-state index is -0.329. The molecule has 23 heavy (non-hydrogen) atoms. The first-order chi connectivity index (χ1) is 11.2. The predicted octanol–water partition coefficient (Wildman–Crippen LogP) is 4.25. The number of nitrogens with one attached hydrogen (secondary N) is 1. The van der Waals surface area contributed by atoms with Crippen LogP contribution in [-0.2, 0) is 6.61 Å². The summed E-state index contributed by atoms with van der Waals surface area (Å²) < 4.78 is 23.7. The number of ether oxygens (including phenoxy) is 1. The third kappa shape index (κ3) is 3.97. The van der Waals surface area contributed by atoms with E-state index >= 15 is 0 Å². The summed E-state index contributed by atoms with van der Waals surface area (Å²) in [7, 11) is 0. The van der Waals surface area contributed by atoms with E-state index in [-0.39, 0.29) is 24.1 Å². The number of para-hydroxylation sites is 1. The van der Waals surface area contributed by atoms with E-state index in [0.29, 0.717) is 17.2 Å². The minimum absolute atomic E-state index is 0.157. The standard InChI is InChI=1S/C18H14FNO3/c19-13-6-8-15(9-7-13)22-12-16-10-11-17(23-16)18(21)20-14-4-2-1-3-5-14/h1-11H,12H2,(H,20,21). The minimum Gasteiger partial charge on any atom is -0.486 e. The lowest BCUT2D eigenvalue weighted by atomic mass is 10.3. The lowest BCUT2D eigenvalue weighted by Gasteiger charge is -2.04. The molecule has 0 spiro atoms. The Kier molecular flexibility index (Phi) is 4.38. The third-order valence-corrected chi connectivity index (χ3v) is 3.11. The fourth-order valence-corrected chi connectivity index (χ4v) is 1.98. The number of amides is 1. The van der Waals surface area contributed by atoms with Crippen molar-refractivity contribution in [3.05, 3.63) is 84.1 Å². The van der Waals surface area contributed by atoms with Crippen LogP contribution in [0.15, 0.2) is 71.1 Å². The quantitative estimate of drug-likeness (QED) is 0.766. The summed E-state index contributed by atoms with van der Waals surface area (Å²) in [4.78, 5) is 12.1. The molecular formula is C18H14FNO3. The van der Waals surface area contributed by atoms with E-state index < -0.39 is 0 Å². The molecule has 1 N–H and O–H groups in total. The molecule has 1 aromatic heterocycles. The van der Waals surface area contributed by atoms with Gasteiger partial charge in [-0.1, -0.05) is 18.2 Å². The van der Waals surface area contributed by atoms with Gasteiger partial charge in [0.05, 0.1) is 0 Å².